The first-order valence-electron chi connectivity index (χ1n) is 10.0. The highest BCUT2D eigenvalue weighted by Gasteiger charge is 2.28. The van der Waals surface area contributed by atoms with Gasteiger partial charge >= 0.3 is 0 Å². The number of furan rings is 1. The minimum Gasteiger partial charge on any atom is -0.451 e. The molecule has 3 N–H and O–H groups in total. The maximum absolute atomic E-state index is 13.1. The minimum atomic E-state index is -0.419. The van der Waals surface area contributed by atoms with Crippen molar-refractivity contribution in [2.24, 2.45) is 11.7 Å². The number of nitrogens with zero attached hydrogens (tertiary/aromatic N) is 1. The van der Waals surface area contributed by atoms with E-state index in [-0.39, 0.29) is 23.5 Å². The fraction of sp³-hybridized carbons (Fsp3) is 0.261. The van der Waals surface area contributed by atoms with Crippen LogP contribution in [0.4, 0.5) is 5.69 Å². The summed E-state index contributed by atoms with van der Waals surface area (Å²) < 4.78 is 6.66. The van der Waals surface area contributed by atoms with Crippen LogP contribution >= 0.6 is 15.9 Å². The lowest BCUT2D eigenvalue weighted by molar-refractivity contribution is -0.123. The fourth-order valence-corrected chi connectivity index (χ4v) is 4.27. The third-order valence-electron chi connectivity index (χ3n) is 5.69. The number of fused-ring (bicyclic) bond motifs is 1. The number of likely N-dealkylation sites (tertiary alicyclic amines) is 1. The van der Waals surface area contributed by atoms with Crippen molar-refractivity contribution in [1.82, 2.24) is 4.90 Å². The van der Waals surface area contributed by atoms with Gasteiger partial charge in [-0.2, -0.15) is 0 Å². The van der Waals surface area contributed by atoms with Gasteiger partial charge in [-0.15, -0.1) is 0 Å². The van der Waals surface area contributed by atoms with Gasteiger partial charge in [0, 0.05) is 34.4 Å². The second-order valence-electron chi connectivity index (χ2n) is 7.67. The van der Waals surface area contributed by atoms with Gasteiger partial charge in [-0.1, -0.05) is 28.1 Å². The van der Waals surface area contributed by atoms with Crippen LogP contribution < -0.4 is 11.1 Å². The number of amides is 3. The van der Waals surface area contributed by atoms with E-state index in [1.54, 1.807) is 35.2 Å². The molecular formula is C23H22BrN3O4. The number of carbonyl (C=O) groups excluding carboxylic acids is 3. The largest absolute Gasteiger partial charge is 0.451 e. The van der Waals surface area contributed by atoms with Gasteiger partial charge in [-0.25, -0.2) is 0 Å². The number of hydrogen-bond donors (Lipinski definition) is 2. The van der Waals surface area contributed by atoms with Gasteiger partial charge in [0.1, 0.15) is 5.58 Å². The number of benzene rings is 2. The van der Waals surface area contributed by atoms with Crippen LogP contribution in [0.5, 0.6) is 0 Å². The number of nitrogens with one attached hydrogen (secondary N) is 1. The van der Waals surface area contributed by atoms with Crippen molar-refractivity contribution in [2.75, 3.05) is 18.4 Å². The van der Waals surface area contributed by atoms with Crippen LogP contribution in [0.1, 0.15) is 39.3 Å². The monoisotopic (exact) mass is 483 g/mol. The summed E-state index contributed by atoms with van der Waals surface area (Å²) in [6.07, 6.45) is 1.09. The van der Waals surface area contributed by atoms with E-state index in [1.165, 1.54) is 0 Å². The average molecular weight is 484 g/mol. The van der Waals surface area contributed by atoms with Crippen LogP contribution in [0.3, 0.4) is 0 Å². The number of nitrogens with two attached hydrogens (primary N) is 1. The average Bonchev–Trinajstić information content (AvgIpc) is 3.09. The molecule has 4 rings (SSSR count). The number of anilines is 1. The van der Waals surface area contributed by atoms with E-state index in [4.69, 9.17) is 10.2 Å². The summed E-state index contributed by atoms with van der Waals surface area (Å²) >= 11 is 3.43. The Morgan fingerprint density at radius 2 is 1.84 bits per heavy atom. The molecule has 0 spiro atoms. The molecule has 3 aromatic rings. The smallest absolute Gasteiger partial charge is 0.291 e. The number of piperidine rings is 1. The summed E-state index contributed by atoms with van der Waals surface area (Å²) in [5, 5.41) is 3.67. The Morgan fingerprint density at radius 1 is 1.13 bits per heavy atom. The van der Waals surface area contributed by atoms with E-state index in [0.717, 1.165) is 15.4 Å². The van der Waals surface area contributed by atoms with Crippen molar-refractivity contribution in [1.29, 1.82) is 0 Å². The van der Waals surface area contributed by atoms with Crippen LogP contribution in [-0.4, -0.2) is 35.7 Å². The standard InChI is InChI=1S/C23H22BrN3O4/c1-13-17-12-15(24)6-7-19(17)31-20(13)22(29)26-18-5-3-2-4-16(18)23(30)27-10-8-14(9-11-27)21(25)28/h2-7,12,14H,8-11H2,1H3,(H2,25,28)(H,26,29). The Morgan fingerprint density at radius 3 is 2.55 bits per heavy atom. The molecule has 1 aromatic heterocycles. The summed E-state index contributed by atoms with van der Waals surface area (Å²) in [5.74, 6) is -0.928. The molecule has 1 saturated heterocycles. The Labute approximate surface area is 187 Å². The van der Waals surface area contributed by atoms with Crippen molar-refractivity contribution >= 4 is 50.3 Å². The topological polar surface area (TPSA) is 106 Å². The van der Waals surface area contributed by atoms with Crippen molar-refractivity contribution in [3.63, 3.8) is 0 Å². The third-order valence-corrected chi connectivity index (χ3v) is 6.19. The van der Waals surface area contributed by atoms with Crippen LogP contribution in [0.15, 0.2) is 51.4 Å². The molecule has 0 saturated carbocycles. The summed E-state index contributed by atoms with van der Waals surface area (Å²) in [5.41, 5.74) is 7.53. The third kappa shape index (κ3) is 4.20. The zero-order chi connectivity index (χ0) is 22.1. The van der Waals surface area contributed by atoms with E-state index in [1.807, 2.05) is 19.1 Å². The molecular weight excluding hydrogens is 462 g/mol. The van der Waals surface area contributed by atoms with Gasteiger partial charge in [0.2, 0.25) is 5.91 Å². The van der Waals surface area contributed by atoms with Crippen LogP contribution in [-0.2, 0) is 4.79 Å². The molecule has 3 amide bonds. The molecule has 0 atom stereocenters. The van der Waals surface area contributed by atoms with Crippen molar-refractivity contribution in [3.8, 4) is 0 Å². The lowest BCUT2D eigenvalue weighted by Gasteiger charge is -2.31. The lowest BCUT2D eigenvalue weighted by Crippen LogP contribution is -2.42. The van der Waals surface area contributed by atoms with Crippen molar-refractivity contribution in [2.45, 2.75) is 19.8 Å². The maximum Gasteiger partial charge on any atom is 0.291 e. The highest BCUT2D eigenvalue weighted by atomic mass is 79.9. The highest BCUT2D eigenvalue weighted by molar-refractivity contribution is 9.10. The quantitative estimate of drug-likeness (QED) is 0.582. The Bertz CT molecular complexity index is 1180. The van der Waals surface area contributed by atoms with E-state index < -0.39 is 5.91 Å². The summed E-state index contributed by atoms with van der Waals surface area (Å²) in [6, 6.07) is 12.4. The van der Waals surface area contributed by atoms with Gasteiger partial charge in [0.25, 0.3) is 11.8 Å². The SMILES string of the molecule is Cc1c(C(=O)Nc2ccccc2C(=O)N2CCC(C(N)=O)CC2)oc2ccc(Br)cc12. The number of carbonyl (C=O) groups is 3. The zero-order valence-corrected chi connectivity index (χ0v) is 18.6. The number of para-hydroxylation sites is 1. The normalized spacial score (nSPS) is 14.6. The first kappa shape index (κ1) is 21.1. The summed E-state index contributed by atoms with van der Waals surface area (Å²) in [6.45, 7) is 2.73. The number of primary amides is 1. The van der Waals surface area contributed by atoms with Crippen LogP contribution in [0, 0.1) is 12.8 Å². The van der Waals surface area contributed by atoms with Crippen molar-refractivity contribution in [3.05, 3.63) is 63.8 Å². The number of aryl methyl sites for hydroxylation is 1. The Balaban J connectivity index is 1.55. The van der Waals surface area contributed by atoms with Crippen LogP contribution in [0.2, 0.25) is 0 Å². The second-order valence-corrected chi connectivity index (χ2v) is 8.58. The molecule has 7 nitrogen and oxygen atoms in total. The lowest BCUT2D eigenvalue weighted by atomic mass is 9.95. The van der Waals surface area contributed by atoms with Gasteiger partial charge in [0.05, 0.1) is 11.3 Å². The van der Waals surface area contributed by atoms with E-state index in [0.29, 0.717) is 42.8 Å². The molecule has 0 aliphatic carbocycles. The molecule has 1 fully saturated rings. The van der Waals surface area contributed by atoms with Gasteiger partial charge in [-0.3, -0.25) is 14.4 Å². The predicted octanol–water partition coefficient (Wildman–Crippen LogP) is 4.09. The van der Waals surface area contributed by atoms with Gasteiger partial charge < -0.3 is 20.4 Å². The van der Waals surface area contributed by atoms with Crippen LogP contribution in [0.25, 0.3) is 11.0 Å². The van der Waals surface area contributed by atoms with E-state index in [9.17, 15) is 14.4 Å². The number of halogens is 1. The van der Waals surface area contributed by atoms with E-state index in [2.05, 4.69) is 21.2 Å². The Kier molecular flexibility index (Phi) is 5.82. The molecule has 0 bridgehead atoms. The minimum absolute atomic E-state index is 0.191. The predicted molar refractivity (Wildman–Crippen MR) is 121 cm³/mol. The first-order valence-corrected chi connectivity index (χ1v) is 10.8. The molecule has 8 heteroatoms. The molecule has 160 valence electrons. The van der Waals surface area contributed by atoms with Gasteiger partial charge in [-0.05, 0) is 50.1 Å². The second kappa shape index (κ2) is 8.55. The van der Waals surface area contributed by atoms with E-state index >= 15 is 0 Å². The number of hydrogen-bond acceptors (Lipinski definition) is 4. The van der Waals surface area contributed by atoms with Gasteiger partial charge in [0.15, 0.2) is 5.76 Å². The zero-order valence-electron chi connectivity index (χ0n) is 17.0. The molecule has 1 aliphatic heterocycles. The highest BCUT2D eigenvalue weighted by Crippen LogP contribution is 2.29. The molecule has 0 unspecified atom stereocenters. The first-order chi connectivity index (χ1) is 14.8. The number of rotatable bonds is 4. The maximum atomic E-state index is 13.1. The van der Waals surface area contributed by atoms with Crippen molar-refractivity contribution < 1.29 is 18.8 Å². The molecule has 2 aromatic carbocycles. The molecule has 0 radical (unpaired) electrons. The summed E-state index contributed by atoms with van der Waals surface area (Å²) in [4.78, 5) is 39.1. The summed E-state index contributed by atoms with van der Waals surface area (Å²) in [7, 11) is 0. The Hall–Kier alpha value is -3.13. The molecule has 1 aliphatic rings. The molecule has 2 heterocycles. The fourth-order valence-electron chi connectivity index (χ4n) is 3.90. The molecule has 31 heavy (non-hydrogen) atoms.